The van der Waals surface area contributed by atoms with E-state index in [1.807, 2.05) is 6.26 Å². The van der Waals surface area contributed by atoms with Gasteiger partial charge in [0.15, 0.2) is 0 Å². The minimum Gasteiger partial charge on any atom is -0.501 e. The van der Waals surface area contributed by atoms with Gasteiger partial charge in [-0.3, -0.25) is 0 Å². The summed E-state index contributed by atoms with van der Waals surface area (Å²) in [7, 11) is 0. The predicted octanol–water partition coefficient (Wildman–Crippen LogP) is 3.28. The molecule has 1 nitrogen and oxygen atoms in total. The van der Waals surface area contributed by atoms with Gasteiger partial charge in [0.2, 0.25) is 0 Å². The SMILES string of the molecule is C1=CCCC2CC2COC=CCC1. The van der Waals surface area contributed by atoms with Crippen molar-refractivity contribution in [2.24, 2.45) is 11.8 Å². The second kappa shape index (κ2) is 4.50. The lowest BCUT2D eigenvalue weighted by atomic mass is 10.1. The van der Waals surface area contributed by atoms with E-state index in [2.05, 4.69) is 18.2 Å². The van der Waals surface area contributed by atoms with Gasteiger partial charge in [0.1, 0.15) is 0 Å². The van der Waals surface area contributed by atoms with Crippen LogP contribution in [0.2, 0.25) is 0 Å². The van der Waals surface area contributed by atoms with Gasteiger partial charge in [-0.15, -0.1) is 0 Å². The van der Waals surface area contributed by atoms with Crippen LogP contribution in [0.3, 0.4) is 0 Å². The lowest BCUT2D eigenvalue weighted by Gasteiger charge is -2.00. The van der Waals surface area contributed by atoms with E-state index in [4.69, 9.17) is 4.74 Å². The summed E-state index contributed by atoms with van der Waals surface area (Å²) in [6.07, 6.45) is 14.9. The molecule has 0 aromatic carbocycles. The highest BCUT2D eigenvalue weighted by Gasteiger charge is 2.36. The van der Waals surface area contributed by atoms with Gasteiger partial charge in [0.25, 0.3) is 0 Å². The van der Waals surface area contributed by atoms with Gasteiger partial charge in [-0.1, -0.05) is 12.2 Å². The van der Waals surface area contributed by atoms with Gasteiger partial charge in [-0.05, 0) is 50.0 Å². The second-order valence-corrected chi connectivity index (χ2v) is 4.09. The third-order valence-corrected chi connectivity index (χ3v) is 2.94. The Morgan fingerprint density at radius 2 is 1.77 bits per heavy atom. The van der Waals surface area contributed by atoms with Crippen LogP contribution in [0.25, 0.3) is 0 Å². The Bertz CT molecular complexity index is 183. The average molecular weight is 178 g/mol. The normalized spacial score (nSPS) is 33.8. The van der Waals surface area contributed by atoms with Crippen molar-refractivity contribution in [2.45, 2.75) is 32.1 Å². The van der Waals surface area contributed by atoms with Crippen LogP contribution >= 0.6 is 0 Å². The maximum atomic E-state index is 5.46. The van der Waals surface area contributed by atoms with E-state index in [0.717, 1.165) is 31.3 Å². The summed E-state index contributed by atoms with van der Waals surface area (Å²) in [6.45, 7) is 0.949. The van der Waals surface area contributed by atoms with E-state index in [9.17, 15) is 0 Å². The number of ether oxygens (including phenoxy) is 1. The molecule has 1 fully saturated rings. The van der Waals surface area contributed by atoms with Crippen LogP contribution in [-0.4, -0.2) is 6.61 Å². The summed E-state index contributed by atoms with van der Waals surface area (Å²) in [5, 5.41) is 0. The Balaban J connectivity index is 1.80. The van der Waals surface area contributed by atoms with Crippen molar-refractivity contribution in [3.05, 3.63) is 24.5 Å². The highest BCUT2D eigenvalue weighted by Crippen LogP contribution is 2.42. The molecular formula is C12H18O. The van der Waals surface area contributed by atoms with Gasteiger partial charge >= 0.3 is 0 Å². The molecule has 1 aliphatic carbocycles. The molecule has 0 N–H and O–H groups in total. The first kappa shape index (κ1) is 8.86. The third kappa shape index (κ3) is 2.91. The van der Waals surface area contributed by atoms with Crippen molar-refractivity contribution < 1.29 is 4.74 Å². The first-order valence-electron chi connectivity index (χ1n) is 5.38. The largest absolute Gasteiger partial charge is 0.501 e. The summed E-state index contributed by atoms with van der Waals surface area (Å²) in [4.78, 5) is 0. The lowest BCUT2D eigenvalue weighted by molar-refractivity contribution is 0.226. The molecule has 13 heavy (non-hydrogen) atoms. The zero-order chi connectivity index (χ0) is 8.93. The molecule has 0 amide bonds. The zero-order valence-electron chi connectivity index (χ0n) is 8.11. The molecule has 1 saturated carbocycles. The fourth-order valence-corrected chi connectivity index (χ4v) is 1.92. The number of hydrogen-bond donors (Lipinski definition) is 0. The molecule has 2 unspecified atom stereocenters. The van der Waals surface area contributed by atoms with E-state index >= 15 is 0 Å². The Morgan fingerprint density at radius 1 is 0.923 bits per heavy atom. The van der Waals surface area contributed by atoms with E-state index in [1.54, 1.807) is 0 Å². The van der Waals surface area contributed by atoms with Crippen LogP contribution in [0.15, 0.2) is 24.5 Å². The van der Waals surface area contributed by atoms with Crippen molar-refractivity contribution in [1.29, 1.82) is 0 Å². The average Bonchev–Trinajstić information content (AvgIpc) is 2.83. The fraction of sp³-hybridized carbons (Fsp3) is 0.667. The molecule has 1 aliphatic heterocycles. The molecule has 2 aliphatic rings. The number of fused-ring (bicyclic) bond motifs is 1. The first-order valence-corrected chi connectivity index (χ1v) is 5.38. The van der Waals surface area contributed by atoms with E-state index in [0.29, 0.717) is 0 Å². The molecule has 0 radical (unpaired) electrons. The van der Waals surface area contributed by atoms with Crippen molar-refractivity contribution in [3.8, 4) is 0 Å². The molecule has 72 valence electrons. The van der Waals surface area contributed by atoms with Crippen LogP contribution in [0.4, 0.5) is 0 Å². The van der Waals surface area contributed by atoms with E-state index < -0.39 is 0 Å². The molecule has 2 rings (SSSR count). The predicted molar refractivity (Wildman–Crippen MR) is 54.3 cm³/mol. The first-order chi connectivity index (χ1) is 6.47. The smallest absolute Gasteiger partial charge is 0.0904 e. The van der Waals surface area contributed by atoms with Crippen LogP contribution < -0.4 is 0 Å². The Hall–Kier alpha value is -0.720. The summed E-state index contributed by atoms with van der Waals surface area (Å²) in [6, 6.07) is 0. The van der Waals surface area contributed by atoms with Crippen LogP contribution in [0.1, 0.15) is 32.1 Å². The molecule has 2 atom stereocenters. The topological polar surface area (TPSA) is 9.23 Å². The van der Waals surface area contributed by atoms with Crippen molar-refractivity contribution in [1.82, 2.24) is 0 Å². The number of hydrogen-bond acceptors (Lipinski definition) is 1. The van der Waals surface area contributed by atoms with E-state index in [-0.39, 0.29) is 0 Å². The molecule has 0 saturated heterocycles. The molecule has 0 bridgehead atoms. The van der Waals surface area contributed by atoms with Crippen LogP contribution in [0.5, 0.6) is 0 Å². The number of allylic oxidation sites excluding steroid dienone is 3. The van der Waals surface area contributed by atoms with E-state index in [1.165, 1.54) is 19.3 Å². The van der Waals surface area contributed by atoms with Gasteiger partial charge in [-0.25, -0.2) is 0 Å². The lowest BCUT2D eigenvalue weighted by Crippen LogP contribution is -1.93. The number of rotatable bonds is 0. The van der Waals surface area contributed by atoms with Gasteiger partial charge in [0.05, 0.1) is 12.9 Å². The highest BCUT2D eigenvalue weighted by atomic mass is 16.5. The summed E-state index contributed by atoms with van der Waals surface area (Å²) in [5.74, 6) is 1.81. The second-order valence-electron chi connectivity index (χ2n) is 4.09. The third-order valence-electron chi connectivity index (χ3n) is 2.94. The molecule has 1 heteroatoms. The molecule has 0 aromatic heterocycles. The Morgan fingerprint density at radius 3 is 2.77 bits per heavy atom. The van der Waals surface area contributed by atoms with Crippen molar-refractivity contribution in [2.75, 3.05) is 6.61 Å². The quantitative estimate of drug-likeness (QED) is 0.517. The summed E-state index contributed by atoms with van der Waals surface area (Å²) in [5.41, 5.74) is 0. The maximum absolute atomic E-state index is 5.46. The fourth-order valence-electron chi connectivity index (χ4n) is 1.92. The summed E-state index contributed by atoms with van der Waals surface area (Å²) < 4.78 is 5.46. The monoisotopic (exact) mass is 178 g/mol. The molecule has 0 spiro atoms. The van der Waals surface area contributed by atoms with Crippen molar-refractivity contribution in [3.63, 3.8) is 0 Å². The van der Waals surface area contributed by atoms with Crippen molar-refractivity contribution >= 4 is 0 Å². The summed E-state index contributed by atoms with van der Waals surface area (Å²) >= 11 is 0. The molecular weight excluding hydrogens is 160 g/mol. The standard InChI is InChI=1S/C12H18O/c1-2-4-6-8-13-10-12-9-11(12)7-5-3-1/h1,3,6,8,11-12H,2,4-5,7,9-10H2. The minimum absolute atomic E-state index is 0.859. The molecule has 1 heterocycles. The Labute approximate surface area is 80.5 Å². The Kier molecular flexibility index (Phi) is 3.07. The minimum atomic E-state index is 0.859. The maximum Gasteiger partial charge on any atom is 0.0904 e. The van der Waals surface area contributed by atoms with Gasteiger partial charge < -0.3 is 4.74 Å². The van der Waals surface area contributed by atoms with Crippen LogP contribution in [0, 0.1) is 11.8 Å². The van der Waals surface area contributed by atoms with Gasteiger partial charge in [-0.2, -0.15) is 0 Å². The van der Waals surface area contributed by atoms with Crippen LogP contribution in [-0.2, 0) is 4.74 Å². The van der Waals surface area contributed by atoms with Gasteiger partial charge in [0, 0.05) is 0 Å². The zero-order valence-corrected chi connectivity index (χ0v) is 8.11. The molecule has 0 aromatic rings. The highest BCUT2D eigenvalue weighted by molar-refractivity contribution is 4.92.